The van der Waals surface area contributed by atoms with Gasteiger partial charge in [0.2, 0.25) is 0 Å². The molecule has 1 aromatic rings. The first-order valence-electron chi connectivity index (χ1n) is 6.30. The second-order valence-electron chi connectivity index (χ2n) is 4.71. The average Bonchev–Trinajstić information content (AvgIpc) is 2.67. The highest BCUT2D eigenvalue weighted by Gasteiger charge is 2.33. The lowest BCUT2D eigenvalue weighted by atomic mass is 10.0. The van der Waals surface area contributed by atoms with Gasteiger partial charge in [-0.2, -0.15) is 0 Å². The number of benzene rings is 1. The summed E-state index contributed by atoms with van der Waals surface area (Å²) in [4.78, 5) is 0. The van der Waals surface area contributed by atoms with Crippen LogP contribution in [0.3, 0.4) is 0 Å². The van der Waals surface area contributed by atoms with Crippen molar-refractivity contribution in [1.29, 1.82) is 0 Å². The molecule has 2 unspecified atom stereocenters. The van der Waals surface area contributed by atoms with Crippen LogP contribution in [0.1, 0.15) is 31.0 Å². The number of halogens is 1. The minimum atomic E-state index is 0.349. The summed E-state index contributed by atoms with van der Waals surface area (Å²) in [5, 5.41) is 4.21. The summed E-state index contributed by atoms with van der Waals surface area (Å²) in [6.45, 7) is 5.30. The first kappa shape index (κ1) is 13.5. The summed E-state index contributed by atoms with van der Waals surface area (Å²) in [6.07, 6.45) is 0.978. The third-order valence-corrected chi connectivity index (χ3v) is 4.00. The number of nitrogens with one attached hydrogen (secondary N) is 1. The predicted octanol–water partition coefficient (Wildman–Crippen LogP) is 3.20. The molecule has 0 amide bonds. The van der Waals surface area contributed by atoms with E-state index in [1.54, 1.807) is 14.2 Å². The topological polar surface area (TPSA) is 30.5 Å². The van der Waals surface area contributed by atoms with E-state index in [9.17, 15) is 0 Å². The van der Waals surface area contributed by atoms with Crippen LogP contribution in [0, 0.1) is 5.92 Å². The van der Waals surface area contributed by atoms with Crippen molar-refractivity contribution in [1.82, 2.24) is 5.32 Å². The number of fused-ring (bicyclic) bond motifs is 1. The van der Waals surface area contributed by atoms with Crippen molar-refractivity contribution in [3.63, 3.8) is 0 Å². The van der Waals surface area contributed by atoms with Crippen LogP contribution in [-0.4, -0.2) is 20.8 Å². The van der Waals surface area contributed by atoms with E-state index in [2.05, 4.69) is 25.2 Å². The second kappa shape index (κ2) is 5.37. The van der Waals surface area contributed by atoms with Gasteiger partial charge in [-0.3, -0.25) is 0 Å². The Hall–Kier alpha value is -0.930. The molecule has 0 saturated heterocycles. The Labute approximate surface area is 113 Å². The third kappa shape index (κ3) is 2.06. The summed E-state index contributed by atoms with van der Waals surface area (Å²) in [7, 11) is 3.26. The summed E-state index contributed by atoms with van der Waals surface area (Å²) in [5.41, 5.74) is 2.43. The van der Waals surface area contributed by atoms with Crippen LogP contribution in [0.5, 0.6) is 11.5 Å². The van der Waals surface area contributed by atoms with Gasteiger partial charge in [0.15, 0.2) is 11.5 Å². The quantitative estimate of drug-likeness (QED) is 0.911. The lowest BCUT2D eigenvalue weighted by Gasteiger charge is -2.19. The zero-order chi connectivity index (χ0) is 13.3. The second-order valence-corrected chi connectivity index (χ2v) is 5.09. The van der Waals surface area contributed by atoms with Crippen molar-refractivity contribution < 1.29 is 9.47 Å². The molecule has 0 saturated carbocycles. The molecule has 0 aromatic heterocycles. The van der Waals surface area contributed by atoms with Gasteiger partial charge in [-0.25, -0.2) is 0 Å². The highest BCUT2D eigenvalue weighted by Crippen LogP contribution is 2.47. The molecule has 0 spiro atoms. The molecular weight excluding hydrogens is 250 g/mol. The Morgan fingerprint density at radius 3 is 2.67 bits per heavy atom. The Morgan fingerprint density at radius 2 is 2.11 bits per heavy atom. The Balaban J connectivity index is 2.52. The molecule has 4 heteroatoms. The summed E-state index contributed by atoms with van der Waals surface area (Å²) < 4.78 is 10.7. The Bertz CT molecular complexity index is 448. The SMILES string of the molecule is CCNC1c2cc(OC)c(OC)c(Cl)c2CC1C. The zero-order valence-electron chi connectivity index (χ0n) is 11.3. The van der Waals surface area contributed by atoms with E-state index >= 15 is 0 Å². The molecule has 100 valence electrons. The van der Waals surface area contributed by atoms with Gasteiger partial charge in [0.25, 0.3) is 0 Å². The van der Waals surface area contributed by atoms with Gasteiger partial charge in [0, 0.05) is 6.04 Å². The third-order valence-electron chi connectivity index (χ3n) is 3.60. The fourth-order valence-electron chi connectivity index (χ4n) is 2.77. The van der Waals surface area contributed by atoms with E-state index in [0.717, 1.165) is 13.0 Å². The Kier molecular flexibility index (Phi) is 4.03. The Morgan fingerprint density at radius 1 is 1.39 bits per heavy atom. The van der Waals surface area contributed by atoms with Crippen molar-refractivity contribution in [3.8, 4) is 11.5 Å². The van der Waals surface area contributed by atoms with Crippen LogP contribution in [0.15, 0.2) is 6.07 Å². The lowest BCUT2D eigenvalue weighted by molar-refractivity contribution is 0.354. The number of rotatable bonds is 4. The highest BCUT2D eigenvalue weighted by atomic mass is 35.5. The van der Waals surface area contributed by atoms with Crippen LogP contribution in [-0.2, 0) is 6.42 Å². The lowest BCUT2D eigenvalue weighted by Crippen LogP contribution is -2.23. The zero-order valence-corrected chi connectivity index (χ0v) is 12.1. The average molecular weight is 270 g/mol. The minimum Gasteiger partial charge on any atom is -0.493 e. The van der Waals surface area contributed by atoms with Crippen LogP contribution in [0.2, 0.25) is 5.02 Å². The first-order valence-corrected chi connectivity index (χ1v) is 6.68. The molecule has 0 radical (unpaired) electrons. The predicted molar refractivity (Wildman–Crippen MR) is 73.8 cm³/mol. The van der Waals surface area contributed by atoms with Crippen molar-refractivity contribution in [2.24, 2.45) is 5.92 Å². The van der Waals surface area contributed by atoms with Gasteiger partial charge < -0.3 is 14.8 Å². The summed E-state index contributed by atoms with van der Waals surface area (Å²) in [5.74, 6) is 1.88. The number of methoxy groups -OCH3 is 2. The van der Waals surface area contributed by atoms with Gasteiger partial charge in [-0.1, -0.05) is 25.4 Å². The molecule has 2 atom stereocenters. The normalized spacial score (nSPS) is 21.8. The van der Waals surface area contributed by atoms with Gasteiger partial charge in [0.1, 0.15) is 0 Å². The molecule has 1 aliphatic carbocycles. The van der Waals surface area contributed by atoms with Crippen LogP contribution < -0.4 is 14.8 Å². The molecule has 0 bridgehead atoms. The summed E-state index contributed by atoms with van der Waals surface area (Å²) >= 11 is 6.44. The summed E-state index contributed by atoms with van der Waals surface area (Å²) in [6, 6.07) is 2.40. The highest BCUT2D eigenvalue weighted by molar-refractivity contribution is 6.33. The van der Waals surface area contributed by atoms with E-state index in [0.29, 0.717) is 28.5 Å². The molecular formula is C14H20ClNO2. The van der Waals surface area contributed by atoms with Gasteiger partial charge in [-0.15, -0.1) is 0 Å². The number of hydrogen-bond acceptors (Lipinski definition) is 3. The standard InChI is InChI=1S/C14H20ClNO2/c1-5-16-13-8(2)6-9-10(13)7-11(17-3)14(18-4)12(9)15/h7-8,13,16H,5-6H2,1-4H3. The molecule has 0 aliphatic heterocycles. The van der Waals surface area contributed by atoms with E-state index in [1.165, 1.54) is 11.1 Å². The molecule has 1 N–H and O–H groups in total. The fourth-order valence-corrected chi connectivity index (χ4v) is 3.13. The maximum Gasteiger partial charge on any atom is 0.179 e. The first-order chi connectivity index (χ1) is 8.63. The molecule has 18 heavy (non-hydrogen) atoms. The monoisotopic (exact) mass is 269 g/mol. The maximum absolute atomic E-state index is 6.44. The van der Waals surface area contributed by atoms with Gasteiger partial charge >= 0.3 is 0 Å². The molecule has 3 nitrogen and oxygen atoms in total. The van der Waals surface area contributed by atoms with Crippen LogP contribution >= 0.6 is 11.6 Å². The smallest absolute Gasteiger partial charge is 0.179 e. The maximum atomic E-state index is 6.44. The van der Waals surface area contributed by atoms with Gasteiger partial charge in [0.05, 0.1) is 19.2 Å². The van der Waals surface area contributed by atoms with Crippen LogP contribution in [0.25, 0.3) is 0 Å². The van der Waals surface area contributed by atoms with Crippen molar-refractivity contribution in [2.45, 2.75) is 26.3 Å². The minimum absolute atomic E-state index is 0.349. The fraction of sp³-hybridized carbons (Fsp3) is 0.571. The van der Waals surface area contributed by atoms with E-state index in [4.69, 9.17) is 21.1 Å². The van der Waals surface area contributed by atoms with Crippen molar-refractivity contribution in [3.05, 3.63) is 22.2 Å². The van der Waals surface area contributed by atoms with Gasteiger partial charge in [-0.05, 0) is 36.1 Å². The molecule has 0 fully saturated rings. The van der Waals surface area contributed by atoms with Crippen LogP contribution in [0.4, 0.5) is 0 Å². The van der Waals surface area contributed by atoms with Crippen molar-refractivity contribution in [2.75, 3.05) is 20.8 Å². The van der Waals surface area contributed by atoms with Crippen molar-refractivity contribution >= 4 is 11.6 Å². The number of ether oxygens (including phenoxy) is 2. The molecule has 1 aliphatic rings. The molecule has 1 aromatic carbocycles. The molecule has 2 rings (SSSR count). The van der Waals surface area contributed by atoms with E-state index in [1.807, 2.05) is 0 Å². The number of hydrogen-bond donors (Lipinski definition) is 1. The van der Waals surface area contributed by atoms with E-state index < -0.39 is 0 Å². The largest absolute Gasteiger partial charge is 0.493 e. The van der Waals surface area contributed by atoms with E-state index in [-0.39, 0.29) is 0 Å². The molecule has 0 heterocycles.